The quantitative estimate of drug-likeness (QED) is 0.807. The molecule has 0 aromatic carbocycles. The normalized spacial score (nSPS) is 10.8. The number of nitrogens with one attached hydrogen (secondary N) is 1. The summed E-state index contributed by atoms with van der Waals surface area (Å²) in [6.07, 6.45) is 1.55. The number of hydrogen-bond donors (Lipinski definition) is 1. The third kappa shape index (κ3) is 3.68. The van der Waals surface area contributed by atoms with Crippen LogP contribution in [0, 0.1) is 0 Å². The van der Waals surface area contributed by atoms with Crippen molar-refractivity contribution in [1.82, 2.24) is 15.1 Å². The van der Waals surface area contributed by atoms with Gasteiger partial charge in [-0.05, 0) is 28.9 Å². The van der Waals surface area contributed by atoms with Crippen molar-refractivity contribution in [3.63, 3.8) is 0 Å². The topological polar surface area (TPSA) is 56.1 Å². The lowest BCUT2D eigenvalue weighted by atomic mass is 10.2. The molecule has 20 heavy (non-hydrogen) atoms. The molecule has 0 saturated carbocycles. The average Bonchev–Trinajstić information content (AvgIpc) is 2.97. The van der Waals surface area contributed by atoms with E-state index >= 15 is 0 Å². The molecule has 0 aliphatic rings. The molecule has 0 saturated heterocycles. The molecule has 1 N–H and O–H groups in total. The van der Waals surface area contributed by atoms with Gasteiger partial charge in [0.2, 0.25) is 0 Å². The van der Waals surface area contributed by atoms with Crippen molar-refractivity contribution >= 4 is 33.2 Å². The summed E-state index contributed by atoms with van der Waals surface area (Å²) in [7, 11) is 1.82. The smallest absolute Gasteiger partial charge is 0.341 e. The Balaban J connectivity index is 1.98. The summed E-state index contributed by atoms with van der Waals surface area (Å²) in [5, 5.41) is 9.48. The highest BCUT2D eigenvalue weighted by Gasteiger charge is 2.16. The van der Waals surface area contributed by atoms with Gasteiger partial charge in [0.1, 0.15) is 5.56 Å². The SMILES string of the molecule is CCOC(=O)c1cnn(C)c1CNCc1cc(Br)cs1. The minimum atomic E-state index is -0.323. The second kappa shape index (κ2) is 7.01. The highest BCUT2D eigenvalue weighted by atomic mass is 79.9. The molecule has 0 bridgehead atoms. The van der Waals surface area contributed by atoms with Gasteiger partial charge in [0.05, 0.1) is 18.5 Å². The molecule has 0 fully saturated rings. The Hall–Kier alpha value is -1.18. The van der Waals surface area contributed by atoms with Crippen LogP contribution in [0.2, 0.25) is 0 Å². The number of rotatable bonds is 6. The first-order chi connectivity index (χ1) is 9.61. The fraction of sp³-hybridized carbons (Fsp3) is 0.385. The highest BCUT2D eigenvalue weighted by Crippen LogP contribution is 2.19. The number of halogens is 1. The third-order valence-electron chi connectivity index (χ3n) is 2.77. The Morgan fingerprint density at radius 2 is 2.35 bits per heavy atom. The maximum atomic E-state index is 11.8. The number of carbonyl (C=O) groups excluding carboxylic acids is 1. The van der Waals surface area contributed by atoms with Gasteiger partial charge in [-0.3, -0.25) is 4.68 Å². The lowest BCUT2D eigenvalue weighted by molar-refractivity contribution is 0.0524. The largest absolute Gasteiger partial charge is 0.462 e. The van der Waals surface area contributed by atoms with Gasteiger partial charge in [-0.25, -0.2) is 4.79 Å². The molecule has 0 aliphatic heterocycles. The van der Waals surface area contributed by atoms with Crippen LogP contribution in [-0.2, 0) is 24.9 Å². The van der Waals surface area contributed by atoms with Crippen molar-refractivity contribution < 1.29 is 9.53 Å². The van der Waals surface area contributed by atoms with E-state index in [1.165, 1.54) is 4.88 Å². The number of ether oxygens (including phenoxy) is 1. The van der Waals surface area contributed by atoms with E-state index in [4.69, 9.17) is 4.74 Å². The summed E-state index contributed by atoms with van der Waals surface area (Å²) < 4.78 is 7.81. The molecule has 2 aromatic heterocycles. The summed E-state index contributed by atoms with van der Waals surface area (Å²) in [5.74, 6) is -0.323. The summed E-state index contributed by atoms with van der Waals surface area (Å²) in [4.78, 5) is 13.0. The van der Waals surface area contributed by atoms with E-state index in [-0.39, 0.29) is 5.97 Å². The van der Waals surface area contributed by atoms with Gasteiger partial charge < -0.3 is 10.1 Å². The molecule has 2 rings (SSSR count). The fourth-order valence-corrected chi connectivity index (χ4v) is 3.22. The van der Waals surface area contributed by atoms with Gasteiger partial charge in [-0.15, -0.1) is 11.3 Å². The van der Waals surface area contributed by atoms with Crippen LogP contribution in [0.5, 0.6) is 0 Å². The predicted octanol–water partition coefficient (Wildman–Crippen LogP) is 2.71. The van der Waals surface area contributed by atoms with Crippen LogP contribution in [0.4, 0.5) is 0 Å². The van der Waals surface area contributed by atoms with Gasteiger partial charge in [0.25, 0.3) is 0 Å². The van der Waals surface area contributed by atoms with Crippen molar-refractivity contribution in [3.8, 4) is 0 Å². The Morgan fingerprint density at radius 3 is 3.00 bits per heavy atom. The zero-order chi connectivity index (χ0) is 14.5. The van der Waals surface area contributed by atoms with E-state index in [1.54, 1.807) is 29.1 Å². The van der Waals surface area contributed by atoms with Crippen molar-refractivity contribution in [2.45, 2.75) is 20.0 Å². The van der Waals surface area contributed by atoms with E-state index in [2.05, 4.69) is 32.4 Å². The second-order valence-electron chi connectivity index (χ2n) is 4.18. The first kappa shape index (κ1) is 15.2. The third-order valence-corrected chi connectivity index (χ3v) is 4.47. The first-order valence-electron chi connectivity index (χ1n) is 6.23. The molecule has 0 spiro atoms. The zero-order valence-electron chi connectivity index (χ0n) is 11.4. The van der Waals surface area contributed by atoms with Gasteiger partial charge in [-0.1, -0.05) is 0 Å². The van der Waals surface area contributed by atoms with E-state index < -0.39 is 0 Å². The molecule has 5 nitrogen and oxygen atoms in total. The van der Waals surface area contributed by atoms with Crippen LogP contribution in [0.15, 0.2) is 22.1 Å². The van der Waals surface area contributed by atoms with Crippen molar-refractivity contribution in [2.75, 3.05) is 6.61 Å². The van der Waals surface area contributed by atoms with E-state index in [9.17, 15) is 4.79 Å². The Bertz CT molecular complexity index is 594. The van der Waals surface area contributed by atoms with Crippen LogP contribution in [0.25, 0.3) is 0 Å². The first-order valence-corrected chi connectivity index (χ1v) is 7.90. The molecule has 2 aromatic rings. The molecular weight excluding hydrogens is 342 g/mol. The molecule has 2 heterocycles. The number of carbonyl (C=O) groups is 1. The van der Waals surface area contributed by atoms with Crippen LogP contribution in [0.3, 0.4) is 0 Å². The molecule has 7 heteroatoms. The zero-order valence-corrected chi connectivity index (χ0v) is 13.8. The van der Waals surface area contributed by atoms with Crippen LogP contribution in [-0.4, -0.2) is 22.4 Å². The Kier molecular flexibility index (Phi) is 5.33. The molecule has 0 atom stereocenters. The number of thiophene rings is 1. The Morgan fingerprint density at radius 1 is 1.55 bits per heavy atom. The monoisotopic (exact) mass is 357 g/mol. The van der Waals surface area contributed by atoms with Crippen molar-refractivity contribution in [1.29, 1.82) is 0 Å². The molecular formula is C13H16BrN3O2S. The number of esters is 1. The standard InChI is InChI=1S/C13H16BrN3O2S/c1-3-19-13(18)11-6-16-17(2)12(11)7-15-5-10-4-9(14)8-20-10/h4,6,8,15H,3,5,7H2,1-2H3. The van der Waals surface area contributed by atoms with Crippen LogP contribution >= 0.6 is 27.3 Å². The predicted molar refractivity (Wildman–Crippen MR) is 81.7 cm³/mol. The summed E-state index contributed by atoms with van der Waals surface area (Å²) in [5.41, 5.74) is 1.35. The van der Waals surface area contributed by atoms with Gasteiger partial charge in [0, 0.05) is 34.9 Å². The molecule has 0 unspecified atom stereocenters. The fourth-order valence-electron chi connectivity index (χ4n) is 1.80. The van der Waals surface area contributed by atoms with E-state index in [1.807, 2.05) is 12.4 Å². The second-order valence-corrected chi connectivity index (χ2v) is 6.10. The number of aryl methyl sites for hydroxylation is 1. The highest BCUT2D eigenvalue weighted by molar-refractivity contribution is 9.10. The minimum Gasteiger partial charge on any atom is -0.462 e. The number of nitrogens with zero attached hydrogens (tertiary/aromatic N) is 2. The van der Waals surface area contributed by atoms with Crippen molar-refractivity contribution in [3.05, 3.63) is 38.3 Å². The lowest BCUT2D eigenvalue weighted by Gasteiger charge is -2.07. The summed E-state index contributed by atoms with van der Waals surface area (Å²) in [6, 6.07) is 2.08. The van der Waals surface area contributed by atoms with Crippen LogP contribution in [0.1, 0.15) is 27.9 Å². The molecule has 0 radical (unpaired) electrons. The molecule has 0 amide bonds. The number of aromatic nitrogens is 2. The van der Waals surface area contributed by atoms with E-state index in [0.717, 1.165) is 16.7 Å². The molecule has 0 aliphatic carbocycles. The maximum Gasteiger partial charge on any atom is 0.341 e. The maximum absolute atomic E-state index is 11.8. The van der Waals surface area contributed by atoms with Crippen molar-refractivity contribution in [2.24, 2.45) is 7.05 Å². The van der Waals surface area contributed by atoms with E-state index in [0.29, 0.717) is 18.7 Å². The lowest BCUT2D eigenvalue weighted by Crippen LogP contribution is -2.18. The van der Waals surface area contributed by atoms with Gasteiger partial charge >= 0.3 is 5.97 Å². The van der Waals surface area contributed by atoms with Crippen LogP contribution < -0.4 is 5.32 Å². The summed E-state index contributed by atoms with van der Waals surface area (Å²) in [6.45, 7) is 3.48. The van der Waals surface area contributed by atoms with Gasteiger partial charge in [0.15, 0.2) is 0 Å². The van der Waals surface area contributed by atoms with Gasteiger partial charge in [-0.2, -0.15) is 5.10 Å². The average molecular weight is 358 g/mol. The minimum absolute atomic E-state index is 0.323. The number of hydrogen-bond acceptors (Lipinski definition) is 5. The molecule has 108 valence electrons. The summed E-state index contributed by atoms with van der Waals surface area (Å²) >= 11 is 5.12. The Labute approximate surface area is 130 Å².